The number of amides is 1. The molecule has 0 unspecified atom stereocenters. The fourth-order valence-electron chi connectivity index (χ4n) is 1.30. The molecule has 0 radical (unpaired) electrons. The summed E-state index contributed by atoms with van der Waals surface area (Å²) in [5.41, 5.74) is 2.29. The predicted molar refractivity (Wildman–Crippen MR) is 76.4 cm³/mol. The Morgan fingerprint density at radius 2 is 2.20 bits per heavy atom. The first-order valence-corrected chi connectivity index (χ1v) is 6.34. The van der Waals surface area contributed by atoms with Gasteiger partial charge in [-0.15, -0.1) is 0 Å². The quantitative estimate of drug-likeness (QED) is 0.681. The van der Waals surface area contributed by atoms with Gasteiger partial charge in [-0.2, -0.15) is 5.10 Å². The van der Waals surface area contributed by atoms with E-state index in [-0.39, 0.29) is 11.6 Å². The van der Waals surface area contributed by atoms with Gasteiger partial charge in [-0.25, -0.2) is 5.43 Å². The maximum absolute atomic E-state index is 11.5. The highest BCUT2D eigenvalue weighted by Gasteiger charge is 2.07. The van der Waals surface area contributed by atoms with E-state index < -0.39 is 5.91 Å². The van der Waals surface area contributed by atoms with Gasteiger partial charge in [0, 0.05) is 0 Å². The number of hydrogen-bond acceptors (Lipinski definition) is 4. The summed E-state index contributed by atoms with van der Waals surface area (Å²) in [5, 5.41) is 4.34. The molecule has 7 heteroatoms. The van der Waals surface area contributed by atoms with Gasteiger partial charge in [0.25, 0.3) is 5.91 Å². The number of nitrogens with one attached hydrogen (secondary N) is 1. The summed E-state index contributed by atoms with van der Waals surface area (Å²) in [6, 6.07) is 8.35. The van der Waals surface area contributed by atoms with Crippen LogP contribution in [-0.4, -0.2) is 18.7 Å². The molecule has 0 bridgehead atoms. The van der Waals surface area contributed by atoms with Crippen molar-refractivity contribution in [2.24, 2.45) is 5.10 Å². The van der Waals surface area contributed by atoms with Crippen molar-refractivity contribution in [2.45, 2.75) is 0 Å². The van der Waals surface area contributed by atoms with Crippen LogP contribution in [0.25, 0.3) is 0 Å². The van der Waals surface area contributed by atoms with Crippen molar-refractivity contribution in [3.05, 3.63) is 52.4 Å². The van der Waals surface area contributed by atoms with Crippen molar-refractivity contribution < 1.29 is 13.9 Å². The first kappa shape index (κ1) is 14.4. The molecule has 2 aromatic rings. The second kappa shape index (κ2) is 6.98. The summed E-state index contributed by atoms with van der Waals surface area (Å²) in [6.07, 6.45) is 2.89. The average Bonchev–Trinajstić information content (AvgIpc) is 2.94. The van der Waals surface area contributed by atoms with Crippen LogP contribution in [0.1, 0.15) is 5.76 Å². The summed E-state index contributed by atoms with van der Waals surface area (Å²) >= 11 is 11.7. The monoisotopic (exact) mass is 312 g/mol. The molecule has 1 aromatic heterocycles. The minimum Gasteiger partial charge on any atom is -0.482 e. The Balaban J connectivity index is 1.82. The van der Waals surface area contributed by atoms with Crippen molar-refractivity contribution >= 4 is 35.3 Å². The lowest BCUT2D eigenvalue weighted by Gasteiger charge is -2.07. The molecule has 104 valence electrons. The second-order valence-electron chi connectivity index (χ2n) is 3.65. The average molecular weight is 313 g/mol. The van der Waals surface area contributed by atoms with E-state index in [0.29, 0.717) is 16.5 Å². The van der Waals surface area contributed by atoms with Crippen LogP contribution in [0.2, 0.25) is 10.0 Å². The molecular formula is C13H10Cl2N2O3. The fourth-order valence-corrected chi connectivity index (χ4v) is 1.65. The molecule has 5 nitrogen and oxygen atoms in total. The van der Waals surface area contributed by atoms with Crippen LogP contribution in [0, 0.1) is 0 Å². The van der Waals surface area contributed by atoms with E-state index in [1.807, 2.05) is 0 Å². The van der Waals surface area contributed by atoms with Crippen molar-refractivity contribution in [3.63, 3.8) is 0 Å². The minimum absolute atomic E-state index is 0.227. The smallest absolute Gasteiger partial charge is 0.277 e. The Hall–Kier alpha value is -1.98. The summed E-state index contributed by atoms with van der Waals surface area (Å²) in [7, 11) is 0. The first-order chi connectivity index (χ1) is 9.66. The zero-order chi connectivity index (χ0) is 14.4. The number of halogens is 2. The van der Waals surface area contributed by atoms with Gasteiger partial charge in [0.2, 0.25) is 0 Å². The third-order valence-corrected chi connectivity index (χ3v) is 3.00. The molecule has 0 aliphatic heterocycles. The van der Waals surface area contributed by atoms with Gasteiger partial charge in [0.1, 0.15) is 16.5 Å². The van der Waals surface area contributed by atoms with E-state index in [9.17, 15) is 4.79 Å². The SMILES string of the molecule is O=C(COc1cccc(Cl)c1Cl)N/N=C/c1ccco1. The lowest BCUT2D eigenvalue weighted by molar-refractivity contribution is -0.123. The highest BCUT2D eigenvalue weighted by molar-refractivity contribution is 6.42. The fraction of sp³-hybridized carbons (Fsp3) is 0.0769. The topological polar surface area (TPSA) is 63.8 Å². The summed E-state index contributed by atoms with van der Waals surface area (Å²) in [5.74, 6) is 0.442. The van der Waals surface area contributed by atoms with Crippen LogP contribution >= 0.6 is 23.2 Å². The summed E-state index contributed by atoms with van der Waals surface area (Å²) in [6.45, 7) is -0.227. The Labute approximate surface area is 125 Å². The van der Waals surface area contributed by atoms with Gasteiger partial charge < -0.3 is 9.15 Å². The van der Waals surface area contributed by atoms with E-state index >= 15 is 0 Å². The minimum atomic E-state index is -0.427. The Morgan fingerprint density at radius 1 is 1.35 bits per heavy atom. The number of benzene rings is 1. The Bertz CT molecular complexity index is 612. The lowest BCUT2D eigenvalue weighted by Crippen LogP contribution is -2.24. The number of hydrogen-bond donors (Lipinski definition) is 1. The van der Waals surface area contributed by atoms with E-state index in [4.69, 9.17) is 32.4 Å². The number of hydrazone groups is 1. The standard InChI is InChI=1S/C13H10Cl2N2O3/c14-10-4-1-5-11(13(10)15)20-8-12(18)17-16-7-9-3-2-6-19-9/h1-7H,8H2,(H,17,18)/b16-7+. The highest BCUT2D eigenvalue weighted by atomic mass is 35.5. The molecule has 20 heavy (non-hydrogen) atoms. The van der Waals surface area contributed by atoms with Crippen molar-refractivity contribution in [1.82, 2.24) is 5.43 Å². The van der Waals surface area contributed by atoms with Crippen LogP contribution < -0.4 is 10.2 Å². The van der Waals surface area contributed by atoms with E-state index in [1.165, 1.54) is 12.5 Å². The van der Waals surface area contributed by atoms with Crippen molar-refractivity contribution in [3.8, 4) is 5.75 Å². The van der Waals surface area contributed by atoms with Crippen molar-refractivity contribution in [1.29, 1.82) is 0 Å². The largest absolute Gasteiger partial charge is 0.482 e. The molecule has 1 heterocycles. The van der Waals surface area contributed by atoms with Crippen LogP contribution in [0.5, 0.6) is 5.75 Å². The van der Waals surface area contributed by atoms with E-state index in [0.717, 1.165) is 0 Å². The predicted octanol–water partition coefficient (Wildman–Crippen LogP) is 3.12. The van der Waals surface area contributed by atoms with Crippen LogP contribution in [0.3, 0.4) is 0 Å². The van der Waals surface area contributed by atoms with Crippen LogP contribution in [0.4, 0.5) is 0 Å². The second-order valence-corrected chi connectivity index (χ2v) is 4.43. The molecule has 2 rings (SSSR count). The van der Waals surface area contributed by atoms with E-state index in [2.05, 4.69) is 10.5 Å². The molecule has 0 atom stereocenters. The summed E-state index contributed by atoms with van der Waals surface area (Å²) < 4.78 is 10.3. The number of nitrogens with zero attached hydrogens (tertiary/aromatic N) is 1. The molecule has 0 fully saturated rings. The number of carbonyl (C=O) groups excluding carboxylic acids is 1. The number of ether oxygens (including phenoxy) is 1. The molecule has 0 aliphatic carbocycles. The lowest BCUT2D eigenvalue weighted by atomic mass is 10.3. The van der Waals surface area contributed by atoms with Gasteiger partial charge in [-0.1, -0.05) is 29.3 Å². The number of furan rings is 1. The first-order valence-electron chi connectivity index (χ1n) is 5.59. The Morgan fingerprint density at radius 3 is 2.95 bits per heavy atom. The zero-order valence-electron chi connectivity index (χ0n) is 10.2. The van der Waals surface area contributed by atoms with Gasteiger partial charge in [0.15, 0.2) is 6.61 Å². The highest BCUT2D eigenvalue weighted by Crippen LogP contribution is 2.31. The van der Waals surface area contributed by atoms with Crippen LogP contribution in [0.15, 0.2) is 46.1 Å². The maximum atomic E-state index is 11.5. The molecule has 0 saturated carbocycles. The van der Waals surface area contributed by atoms with Gasteiger partial charge in [-0.05, 0) is 24.3 Å². The molecule has 1 aromatic carbocycles. The molecule has 1 N–H and O–H groups in total. The zero-order valence-corrected chi connectivity index (χ0v) is 11.7. The van der Waals surface area contributed by atoms with Gasteiger partial charge in [0.05, 0.1) is 17.5 Å². The van der Waals surface area contributed by atoms with Gasteiger partial charge >= 0.3 is 0 Å². The van der Waals surface area contributed by atoms with Crippen molar-refractivity contribution in [2.75, 3.05) is 6.61 Å². The number of rotatable bonds is 5. The number of carbonyl (C=O) groups is 1. The Kier molecular flexibility index (Phi) is 5.03. The molecule has 0 saturated heterocycles. The van der Waals surface area contributed by atoms with E-state index in [1.54, 1.807) is 30.3 Å². The van der Waals surface area contributed by atoms with Crippen LogP contribution in [-0.2, 0) is 4.79 Å². The molecular weight excluding hydrogens is 303 g/mol. The molecule has 1 amide bonds. The molecule has 0 aliphatic rings. The summed E-state index contributed by atoms with van der Waals surface area (Å²) in [4.78, 5) is 11.5. The third-order valence-electron chi connectivity index (χ3n) is 2.20. The van der Waals surface area contributed by atoms with Gasteiger partial charge in [-0.3, -0.25) is 4.79 Å². The molecule has 0 spiro atoms. The normalized spacial score (nSPS) is 10.7. The maximum Gasteiger partial charge on any atom is 0.277 e. The third kappa shape index (κ3) is 4.01.